The van der Waals surface area contributed by atoms with Crippen molar-refractivity contribution in [2.24, 2.45) is 0 Å². The van der Waals surface area contributed by atoms with Crippen LogP contribution in [0, 0.1) is 13.8 Å². The van der Waals surface area contributed by atoms with Gasteiger partial charge in [-0.2, -0.15) is 4.98 Å². The molecule has 130 valence electrons. The van der Waals surface area contributed by atoms with E-state index in [1.807, 2.05) is 19.9 Å². The largest absolute Gasteiger partial charge is 0.324 e. The molecule has 0 saturated carbocycles. The number of aromatic nitrogens is 7. The highest BCUT2D eigenvalue weighted by Gasteiger charge is 2.12. The Morgan fingerprint density at radius 1 is 1.23 bits per heavy atom. The summed E-state index contributed by atoms with van der Waals surface area (Å²) in [5.74, 6) is 1.43. The molecule has 4 heterocycles. The van der Waals surface area contributed by atoms with Crippen LogP contribution in [0.5, 0.6) is 0 Å². The first kappa shape index (κ1) is 15.9. The molecule has 0 spiro atoms. The fourth-order valence-corrected chi connectivity index (χ4v) is 2.64. The molecule has 0 bridgehead atoms. The van der Waals surface area contributed by atoms with E-state index in [9.17, 15) is 4.79 Å². The highest BCUT2D eigenvalue weighted by molar-refractivity contribution is 5.91. The molecule has 0 fully saturated rings. The number of aryl methyl sites for hydroxylation is 2. The van der Waals surface area contributed by atoms with Crippen LogP contribution in [0.15, 0.2) is 43.1 Å². The quantitative estimate of drug-likeness (QED) is 0.599. The first-order chi connectivity index (χ1) is 12.6. The Morgan fingerprint density at radius 2 is 2.12 bits per heavy atom. The smallest absolute Gasteiger partial charge is 0.252 e. The lowest BCUT2D eigenvalue weighted by atomic mass is 10.3. The van der Waals surface area contributed by atoms with E-state index < -0.39 is 0 Å². The van der Waals surface area contributed by atoms with Gasteiger partial charge in [0.25, 0.3) is 5.78 Å². The van der Waals surface area contributed by atoms with E-state index >= 15 is 0 Å². The predicted octanol–water partition coefficient (Wildman–Crippen LogP) is 1.50. The summed E-state index contributed by atoms with van der Waals surface area (Å²) in [5, 5.41) is 7.14. The van der Waals surface area contributed by atoms with Crippen molar-refractivity contribution in [3.05, 3.63) is 60.3 Å². The van der Waals surface area contributed by atoms with Crippen LogP contribution >= 0.6 is 0 Å². The molecule has 4 rings (SSSR count). The number of nitrogens with one attached hydrogen (secondary N) is 1. The highest BCUT2D eigenvalue weighted by atomic mass is 16.1. The van der Waals surface area contributed by atoms with Gasteiger partial charge in [-0.25, -0.2) is 19.5 Å². The van der Waals surface area contributed by atoms with Crippen LogP contribution in [-0.4, -0.2) is 40.0 Å². The van der Waals surface area contributed by atoms with E-state index in [1.54, 1.807) is 46.1 Å². The van der Waals surface area contributed by atoms with Gasteiger partial charge in [-0.3, -0.25) is 9.36 Å². The van der Waals surface area contributed by atoms with E-state index in [1.165, 1.54) is 0 Å². The number of hydrogen-bond donors (Lipinski definition) is 1. The minimum Gasteiger partial charge on any atom is -0.324 e. The Kier molecular flexibility index (Phi) is 3.88. The molecule has 4 aromatic heterocycles. The van der Waals surface area contributed by atoms with Crippen LogP contribution in [0.2, 0.25) is 0 Å². The van der Waals surface area contributed by atoms with Crippen molar-refractivity contribution in [1.29, 1.82) is 0 Å². The molecule has 0 aliphatic rings. The number of hydrogen-bond acceptors (Lipinski definition) is 6. The van der Waals surface area contributed by atoms with Crippen LogP contribution in [0.25, 0.3) is 11.6 Å². The number of imidazole rings is 1. The minimum atomic E-state index is -0.215. The minimum absolute atomic E-state index is 0.0606. The third-order valence-corrected chi connectivity index (χ3v) is 3.78. The summed E-state index contributed by atoms with van der Waals surface area (Å²) in [7, 11) is 0. The Bertz CT molecular complexity index is 1070. The first-order valence-corrected chi connectivity index (χ1v) is 8.02. The molecule has 1 amide bonds. The molecule has 0 saturated heterocycles. The maximum atomic E-state index is 12.3. The predicted molar refractivity (Wildman–Crippen MR) is 93.9 cm³/mol. The molecule has 9 heteroatoms. The van der Waals surface area contributed by atoms with Crippen LogP contribution in [0.1, 0.15) is 17.2 Å². The summed E-state index contributed by atoms with van der Waals surface area (Å²) < 4.78 is 3.42. The summed E-state index contributed by atoms with van der Waals surface area (Å²) in [5.41, 5.74) is 2.39. The summed E-state index contributed by atoms with van der Waals surface area (Å²) in [6, 6.07) is 5.50. The maximum Gasteiger partial charge on any atom is 0.252 e. The van der Waals surface area contributed by atoms with Gasteiger partial charge >= 0.3 is 0 Å². The van der Waals surface area contributed by atoms with Crippen molar-refractivity contribution < 1.29 is 4.79 Å². The number of fused-ring (bicyclic) bond motifs is 1. The number of nitrogens with zero attached hydrogens (tertiary/aromatic N) is 7. The molecular formula is C17H16N8O. The van der Waals surface area contributed by atoms with Crippen LogP contribution in [0.3, 0.4) is 0 Å². The zero-order valence-electron chi connectivity index (χ0n) is 14.3. The summed E-state index contributed by atoms with van der Waals surface area (Å²) in [4.78, 5) is 29.2. The lowest BCUT2D eigenvalue weighted by Crippen LogP contribution is -2.15. The molecule has 0 radical (unpaired) electrons. The Morgan fingerprint density at radius 3 is 2.85 bits per heavy atom. The van der Waals surface area contributed by atoms with Gasteiger partial charge < -0.3 is 5.32 Å². The Hall–Kier alpha value is -3.62. The Labute approximate surface area is 148 Å². The molecule has 1 N–H and O–H groups in total. The average Bonchev–Trinajstić information content (AvgIpc) is 3.25. The van der Waals surface area contributed by atoms with Gasteiger partial charge in [0.2, 0.25) is 5.91 Å². The van der Waals surface area contributed by atoms with Crippen LogP contribution in [0.4, 0.5) is 5.69 Å². The second-order valence-corrected chi connectivity index (χ2v) is 5.88. The van der Waals surface area contributed by atoms with E-state index in [0.717, 1.165) is 17.2 Å². The lowest BCUT2D eigenvalue weighted by Gasteiger charge is -2.05. The van der Waals surface area contributed by atoms with Crippen LogP contribution in [-0.2, 0) is 11.2 Å². The fraction of sp³-hybridized carbons (Fsp3) is 0.176. The van der Waals surface area contributed by atoms with Gasteiger partial charge in [0.1, 0.15) is 12.1 Å². The summed E-state index contributed by atoms with van der Waals surface area (Å²) in [6.07, 6.45) is 6.79. The number of carbonyl (C=O) groups excluding carboxylic acids is 1. The average molecular weight is 348 g/mol. The number of rotatable bonds is 4. The topological polar surface area (TPSA) is 103 Å². The lowest BCUT2D eigenvalue weighted by molar-refractivity contribution is -0.115. The standard InChI is InChI=1S/C17H16N8O/c1-11-7-12(2)25-17(20-11)22-14(23-25)8-16(26)21-13-3-4-15(19-9-13)24-6-5-18-10-24/h3-7,9-10H,8H2,1-2H3,(H,21,26). The first-order valence-electron chi connectivity index (χ1n) is 8.02. The number of pyridine rings is 1. The van der Waals surface area contributed by atoms with Gasteiger partial charge in [-0.05, 0) is 32.0 Å². The van der Waals surface area contributed by atoms with Crippen molar-refractivity contribution in [1.82, 2.24) is 34.1 Å². The zero-order valence-corrected chi connectivity index (χ0v) is 14.3. The third kappa shape index (κ3) is 3.14. The molecule has 0 unspecified atom stereocenters. The van der Waals surface area contributed by atoms with Crippen LogP contribution < -0.4 is 5.32 Å². The summed E-state index contributed by atoms with van der Waals surface area (Å²) >= 11 is 0. The van der Waals surface area contributed by atoms with Crippen molar-refractivity contribution >= 4 is 17.4 Å². The monoisotopic (exact) mass is 348 g/mol. The summed E-state index contributed by atoms with van der Waals surface area (Å²) in [6.45, 7) is 3.82. The molecule has 9 nitrogen and oxygen atoms in total. The molecule has 0 atom stereocenters. The third-order valence-electron chi connectivity index (χ3n) is 3.78. The van der Waals surface area contributed by atoms with Gasteiger partial charge in [0.05, 0.1) is 18.3 Å². The maximum absolute atomic E-state index is 12.3. The van der Waals surface area contributed by atoms with Gasteiger partial charge in [0.15, 0.2) is 5.82 Å². The van der Waals surface area contributed by atoms with E-state index in [4.69, 9.17) is 0 Å². The van der Waals surface area contributed by atoms with Crippen molar-refractivity contribution in [2.45, 2.75) is 20.3 Å². The van der Waals surface area contributed by atoms with Gasteiger partial charge in [0, 0.05) is 23.8 Å². The normalized spacial score (nSPS) is 11.0. The van der Waals surface area contributed by atoms with E-state index in [2.05, 4.69) is 30.4 Å². The second kappa shape index (κ2) is 6.36. The van der Waals surface area contributed by atoms with Crippen molar-refractivity contribution in [3.63, 3.8) is 0 Å². The van der Waals surface area contributed by atoms with Gasteiger partial charge in [-0.15, -0.1) is 5.10 Å². The number of carbonyl (C=O) groups is 1. The number of anilines is 1. The highest BCUT2D eigenvalue weighted by Crippen LogP contribution is 2.11. The molecular weight excluding hydrogens is 332 g/mol. The van der Waals surface area contributed by atoms with Crippen molar-refractivity contribution in [3.8, 4) is 5.82 Å². The van der Waals surface area contributed by atoms with E-state index in [-0.39, 0.29) is 12.3 Å². The molecule has 0 aliphatic carbocycles. The molecule has 0 aliphatic heterocycles. The zero-order chi connectivity index (χ0) is 18.1. The van der Waals surface area contributed by atoms with Gasteiger partial charge in [-0.1, -0.05) is 0 Å². The van der Waals surface area contributed by atoms with E-state index in [0.29, 0.717) is 17.3 Å². The Balaban J connectivity index is 1.46. The SMILES string of the molecule is Cc1cc(C)n2nc(CC(=O)Nc3ccc(-n4ccnc4)nc3)nc2n1. The van der Waals surface area contributed by atoms with Crippen molar-refractivity contribution in [2.75, 3.05) is 5.32 Å². The molecule has 26 heavy (non-hydrogen) atoms. The number of amides is 1. The fourth-order valence-electron chi connectivity index (χ4n) is 2.64. The molecule has 4 aromatic rings. The second-order valence-electron chi connectivity index (χ2n) is 5.88. The molecule has 0 aromatic carbocycles.